The summed E-state index contributed by atoms with van der Waals surface area (Å²) in [5.41, 5.74) is -0.152. The lowest BCUT2D eigenvalue weighted by Crippen LogP contribution is -2.13. The Labute approximate surface area is 118 Å². The summed E-state index contributed by atoms with van der Waals surface area (Å²) in [6.45, 7) is 0. The molecular weight excluding hydrogens is 333 g/mol. The molecule has 20 heavy (non-hydrogen) atoms. The van der Waals surface area contributed by atoms with Crippen molar-refractivity contribution in [2.45, 2.75) is 9.92 Å². The molecule has 0 amide bonds. The van der Waals surface area contributed by atoms with Crippen LogP contribution in [0.15, 0.2) is 40.4 Å². The number of nitrogens with one attached hydrogen (secondary N) is 2. The van der Waals surface area contributed by atoms with E-state index in [2.05, 4.69) is 14.9 Å². The van der Waals surface area contributed by atoms with E-state index >= 15 is 0 Å². The monoisotopic (exact) mass is 339 g/mol. The number of rotatable bonds is 4. The van der Waals surface area contributed by atoms with Gasteiger partial charge in [0, 0.05) is 10.7 Å². The van der Waals surface area contributed by atoms with Crippen molar-refractivity contribution in [1.82, 2.24) is 10.2 Å². The lowest BCUT2D eigenvalue weighted by Gasteiger charge is -2.07. The fourth-order valence-electron chi connectivity index (χ4n) is 1.36. The van der Waals surface area contributed by atoms with Crippen molar-refractivity contribution in [2.24, 2.45) is 0 Å². The summed E-state index contributed by atoms with van der Waals surface area (Å²) in [4.78, 5) is -0.733. The number of anilines is 1. The summed E-state index contributed by atoms with van der Waals surface area (Å²) >= 11 is 0. The molecule has 0 unspecified atom stereocenters. The summed E-state index contributed by atoms with van der Waals surface area (Å²) in [6.07, 6.45) is 1.23. The molecule has 2 rings (SSSR count). The highest BCUT2D eigenvalue weighted by molar-refractivity contribution is 8.13. The number of sulfonamides is 1. The number of benzene rings is 1. The van der Waals surface area contributed by atoms with E-state index in [0.29, 0.717) is 6.07 Å². The Bertz CT molecular complexity index is 834. The number of aromatic nitrogens is 2. The van der Waals surface area contributed by atoms with Crippen LogP contribution in [-0.4, -0.2) is 27.0 Å². The predicted molar refractivity (Wildman–Crippen MR) is 68.8 cm³/mol. The largest absolute Gasteiger partial charge is 0.278 e. The number of H-pyrrole nitrogens is 1. The average Bonchev–Trinajstić information content (AvgIpc) is 2.80. The molecule has 1 heterocycles. The highest BCUT2D eigenvalue weighted by atomic mass is 35.7. The van der Waals surface area contributed by atoms with Gasteiger partial charge in [-0.3, -0.25) is 9.82 Å². The maximum Gasteiger partial charge on any atom is 0.278 e. The van der Waals surface area contributed by atoms with Crippen LogP contribution in [0.25, 0.3) is 0 Å². The number of halogens is 2. The lowest BCUT2D eigenvalue weighted by atomic mass is 10.3. The van der Waals surface area contributed by atoms with Crippen molar-refractivity contribution in [3.63, 3.8) is 0 Å². The van der Waals surface area contributed by atoms with Gasteiger partial charge in [-0.25, -0.2) is 12.8 Å². The summed E-state index contributed by atoms with van der Waals surface area (Å²) < 4.78 is 61.2. The fourth-order valence-corrected chi connectivity index (χ4v) is 3.22. The van der Waals surface area contributed by atoms with Gasteiger partial charge in [-0.2, -0.15) is 13.5 Å². The Morgan fingerprint density at radius 2 is 1.90 bits per heavy atom. The van der Waals surface area contributed by atoms with E-state index in [1.165, 1.54) is 12.3 Å². The van der Waals surface area contributed by atoms with E-state index in [1.807, 2.05) is 0 Å². The minimum atomic E-state index is -4.23. The van der Waals surface area contributed by atoms with Gasteiger partial charge in [-0.1, -0.05) is 0 Å². The summed E-state index contributed by atoms with van der Waals surface area (Å²) in [7, 11) is -3.17. The Kier molecular flexibility index (Phi) is 3.71. The van der Waals surface area contributed by atoms with Crippen LogP contribution in [0.2, 0.25) is 0 Å². The summed E-state index contributed by atoms with van der Waals surface area (Å²) in [5, 5.41) is 5.50. The van der Waals surface area contributed by atoms with Crippen LogP contribution in [0.1, 0.15) is 0 Å². The minimum Gasteiger partial charge on any atom is -0.278 e. The number of hydrogen-bond donors (Lipinski definition) is 2. The maximum absolute atomic E-state index is 13.5. The standard InChI is InChI=1S/C9H7ClFN3O4S2/c10-19(15,16)8-2-1-6(5-7(8)11)14-20(17,18)9-3-4-12-13-9/h1-5,14H,(H,12,13). The fraction of sp³-hybridized carbons (Fsp3) is 0. The van der Waals surface area contributed by atoms with Crippen LogP contribution in [0, 0.1) is 5.82 Å². The van der Waals surface area contributed by atoms with Gasteiger partial charge in [0.05, 0.1) is 11.9 Å². The van der Waals surface area contributed by atoms with Gasteiger partial charge in [-0.15, -0.1) is 0 Å². The van der Waals surface area contributed by atoms with Gasteiger partial charge in [-0.05, 0) is 24.3 Å². The molecule has 0 saturated heterocycles. The Balaban J connectivity index is 2.35. The van der Waals surface area contributed by atoms with E-state index < -0.39 is 29.8 Å². The van der Waals surface area contributed by atoms with Crippen molar-refractivity contribution in [2.75, 3.05) is 4.72 Å². The van der Waals surface area contributed by atoms with Crippen LogP contribution < -0.4 is 4.72 Å². The quantitative estimate of drug-likeness (QED) is 0.815. The van der Waals surface area contributed by atoms with Crippen LogP contribution in [0.4, 0.5) is 10.1 Å². The lowest BCUT2D eigenvalue weighted by molar-refractivity contribution is 0.576. The molecule has 0 fully saturated rings. The third-order valence-electron chi connectivity index (χ3n) is 2.21. The van der Waals surface area contributed by atoms with E-state index in [-0.39, 0.29) is 10.7 Å². The average molecular weight is 340 g/mol. The van der Waals surface area contributed by atoms with Gasteiger partial charge in [0.15, 0.2) is 5.03 Å². The molecule has 0 aliphatic rings. The van der Waals surface area contributed by atoms with E-state index in [4.69, 9.17) is 10.7 Å². The van der Waals surface area contributed by atoms with E-state index in [1.54, 1.807) is 0 Å². The van der Waals surface area contributed by atoms with Gasteiger partial charge >= 0.3 is 0 Å². The molecule has 1 aromatic carbocycles. The SMILES string of the molecule is O=S(=O)(Cl)c1ccc(NS(=O)(=O)c2ccn[nH]2)cc1F. The van der Waals surface area contributed by atoms with Crippen molar-refractivity contribution >= 4 is 35.4 Å². The zero-order chi connectivity index (χ0) is 15.0. The predicted octanol–water partition coefficient (Wildman–Crippen LogP) is 1.28. The summed E-state index contributed by atoms with van der Waals surface area (Å²) in [6, 6.07) is 3.86. The third-order valence-corrected chi connectivity index (χ3v) is 4.88. The van der Waals surface area contributed by atoms with E-state index in [9.17, 15) is 21.2 Å². The Morgan fingerprint density at radius 3 is 2.40 bits per heavy atom. The molecular formula is C9H7ClFN3O4S2. The molecule has 0 bridgehead atoms. The van der Waals surface area contributed by atoms with Crippen molar-refractivity contribution < 1.29 is 21.2 Å². The van der Waals surface area contributed by atoms with Gasteiger partial charge in [0.25, 0.3) is 19.1 Å². The molecule has 0 aliphatic carbocycles. The molecule has 0 spiro atoms. The molecule has 11 heteroatoms. The zero-order valence-electron chi connectivity index (χ0n) is 9.54. The summed E-state index contributed by atoms with van der Waals surface area (Å²) in [5.74, 6) is -1.16. The first kappa shape index (κ1) is 14.8. The topological polar surface area (TPSA) is 109 Å². The maximum atomic E-state index is 13.5. The second-order valence-electron chi connectivity index (χ2n) is 3.61. The van der Waals surface area contributed by atoms with Crippen LogP contribution in [0.5, 0.6) is 0 Å². The molecule has 0 radical (unpaired) electrons. The Morgan fingerprint density at radius 1 is 1.20 bits per heavy atom. The molecule has 2 aromatic rings. The zero-order valence-corrected chi connectivity index (χ0v) is 11.9. The second kappa shape index (κ2) is 5.04. The smallest absolute Gasteiger partial charge is 0.278 e. The van der Waals surface area contributed by atoms with Crippen molar-refractivity contribution in [3.05, 3.63) is 36.3 Å². The number of hydrogen-bond acceptors (Lipinski definition) is 5. The van der Waals surface area contributed by atoms with E-state index in [0.717, 1.165) is 12.1 Å². The Hall–Kier alpha value is -1.65. The normalized spacial score (nSPS) is 12.3. The van der Waals surface area contributed by atoms with Gasteiger partial charge in [0.1, 0.15) is 10.7 Å². The van der Waals surface area contributed by atoms with Crippen LogP contribution in [-0.2, 0) is 19.1 Å². The van der Waals surface area contributed by atoms with Crippen molar-refractivity contribution in [3.8, 4) is 0 Å². The molecule has 2 N–H and O–H groups in total. The second-order valence-corrected chi connectivity index (χ2v) is 7.79. The minimum absolute atomic E-state index is 0.152. The van der Waals surface area contributed by atoms with Gasteiger partial charge in [0.2, 0.25) is 0 Å². The van der Waals surface area contributed by atoms with Crippen LogP contribution in [0.3, 0.4) is 0 Å². The molecule has 1 aromatic heterocycles. The first-order valence-electron chi connectivity index (χ1n) is 4.96. The van der Waals surface area contributed by atoms with Gasteiger partial charge < -0.3 is 0 Å². The highest BCUT2D eigenvalue weighted by Gasteiger charge is 2.19. The third kappa shape index (κ3) is 3.08. The molecule has 108 valence electrons. The number of nitrogens with zero attached hydrogens (tertiary/aromatic N) is 1. The highest BCUT2D eigenvalue weighted by Crippen LogP contribution is 2.23. The molecule has 7 nitrogen and oxygen atoms in total. The van der Waals surface area contributed by atoms with Crippen LogP contribution >= 0.6 is 10.7 Å². The first-order valence-corrected chi connectivity index (χ1v) is 8.76. The molecule has 0 saturated carbocycles. The molecule has 0 atom stereocenters. The molecule has 0 aliphatic heterocycles. The number of aromatic amines is 1. The van der Waals surface area contributed by atoms with Crippen molar-refractivity contribution in [1.29, 1.82) is 0 Å². The first-order chi connectivity index (χ1) is 9.20.